The van der Waals surface area contributed by atoms with Crippen LogP contribution in [0.3, 0.4) is 0 Å². The van der Waals surface area contributed by atoms with Crippen molar-refractivity contribution >= 4 is 22.0 Å². The zero-order chi connectivity index (χ0) is 23.8. The van der Waals surface area contributed by atoms with Gasteiger partial charge in [-0.05, 0) is 30.5 Å². The molecule has 1 aliphatic heterocycles. The van der Waals surface area contributed by atoms with Crippen molar-refractivity contribution in [1.29, 1.82) is 0 Å². The van der Waals surface area contributed by atoms with Gasteiger partial charge in [0.2, 0.25) is 15.9 Å². The van der Waals surface area contributed by atoms with E-state index in [9.17, 15) is 13.2 Å². The summed E-state index contributed by atoms with van der Waals surface area (Å²) in [5.74, 6) is -0.0930. The number of rotatable bonds is 8. The first kappa shape index (κ1) is 24.6. The maximum absolute atomic E-state index is 13.5. The number of sulfonamides is 1. The highest BCUT2D eigenvalue weighted by atomic mass is 32.2. The zero-order valence-corrected chi connectivity index (χ0v) is 20.6. The van der Waals surface area contributed by atoms with Crippen LogP contribution in [0.1, 0.15) is 37.7 Å². The number of hydrogen-bond acceptors (Lipinski definition) is 4. The van der Waals surface area contributed by atoms with Crippen LogP contribution in [0, 0.1) is 0 Å². The van der Waals surface area contributed by atoms with Gasteiger partial charge >= 0.3 is 0 Å². The van der Waals surface area contributed by atoms with Crippen LogP contribution in [0.4, 0.5) is 0 Å². The molecule has 0 radical (unpaired) electrons. The summed E-state index contributed by atoms with van der Waals surface area (Å²) in [6.45, 7) is 3.60. The van der Waals surface area contributed by atoms with Gasteiger partial charge in [0, 0.05) is 38.8 Å². The maximum atomic E-state index is 13.5. The van der Waals surface area contributed by atoms with E-state index in [0.29, 0.717) is 13.1 Å². The van der Waals surface area contributed by atoms with E-state index in [1.165, 1.54) is 9.87 Å². The molecule has 7 heteroatoms. The van der Waals surface area contributed by atoms with E-state index in [4.69, 9.17) is 0 Å². The molecule has 6 nitrogen and oxygen atoms in total. The van der Waals surface area contributed by atoms with Gasteiger partial charge < -0.3 is 4.90 Å². The van der Waals surface area contributed by atoms with Crippen molar-refractivity contribution in [3.05, 3.63) is 72.3 Å². The highest BCUT2D eigenvalue weighted by Crippen LogP contribution is 2.28. The van der Waals surface area contributed by atoms with Crippen LogP contribution >= 0.6 is 0 Å². The largest absolute Gasteiger partial charge is 0.339 e. The Morgan fingerprint density at radius 1 is 0.882 bits per heavy atom. The van der Waals surface area contributed by atoms with Crippen molar-refractivity contribution in [1.82, 2.24) is 14.1 Å². The third-order valence-corrected chi connectivity index (χ3v) is 8.73. The first-order valence-corrected chi connectivity index (χ1v) is 13.8. The SMILES string of the molecule is O=C(CN(C1CCCCC1)S(=O)(=O)c1ccccc1)N1CCN(C/C=C/c2ccccc2)CC1. The summed E-state index contributed by atoms with van der Waals surface area (Å²) < 4.78 is 28.4. The Morgan fingerprint density at radius 2 is 1.50 bits per heavy atom. The van der Waals surface area contributed by atoms with Gasteiger partial charge in [-0.1, -0.05) is 79.9 Å². The number of carbonyl (C=O) groups excluding carboxylic acids is 1. The summed E-state index contributed by atoms with van der Waals surface area (Å²) in [4.78, 5) is 17.6. The van der Waals surface area contributed by atoms with Gasteiger partial charge in [-0.3, -0.25) is 9.69 Å². The van der Waals surface area contributed by atoms with Crippen LogP contribution in [0.15, 0.2) is 71.6 Å². The lowest BCUT2D eigenvalue weighted by molar-refractivity contribution is -0.133. The summed E-state index contributed by atoms with van der Waals surface area (Å²) in [7, 11) is -3.72. The Bertz CT molecular complexity index is 1040. The minimum absolute atomic E-state index is 0.0736. The van der Waals surface area contributed by atoms with Crippen LogP contribution in [-0.4, -0.2) is 73.7 Å². The fraction of sp³-hybridized carbons (Fsp3) is 0.444. The number of nitrogens with zero attached hydrogens (tertiary/aromatic N) is 3. The predicted octanol–water partition coefficient (Wildman–Crippen LogP) is 3.87. The van der Waals surface area contributed by atoms with Crippen LogP contribution in [0.25, 0.3) is 6.08 Å². The second-order valence-electron chi connectivity index (χ2n) is 9.15. The van der Waals surface area contributed by atoms with E-state index in [0.717, 1.165) is 51.7 Å². The molecule has 182 valence electrons. The molecular formula is C27H35N3O3S. The average molecular weight is 482 g/mol. The number of carbonyl (C=O) groups is 1. The van der Waals surface area contributed by atoms with E-state index in [1.807, 2.05) is 29.2 Å². The van der Waals surface area contributed by atoms with Gasteiger partial charge in [-0.25, -0.2) is 8.42 Å². The van der Waals surface area contributed by atoms with Gasteiger partial charge in [0.1, 0.15) is 0 Å². The van der Waals surface area contributed by atoms with Gasteiger partial charge in [0.15, 0.2) is 0 Å². The van der Waals surface area contributed by atoms with Crippen molar-refractivity contribution in [3.8, 4) is 0 Å². The fourth-order valence-corrected chi connectivity index (χ4v) is 6.48. The van der Waals surface area contributed by atoms with Gasteiger partial charge in [0.05, 0.1) is 11.4 Å². The third-order valence-electron chi connectivity index (χ3n) is 6.82. The Kier molecular flexibility index (Phi) is 8.53. The Morgan fingerprint density at radius 3 is 2.15 bits per heavy atom. The summed E-state index contributed by atoms with van der Waals surface area (Å²) in [6.07, 6.45) is 9.06. The quantitative estimate of drug-likeness (QED) is 0.574. The van der Waals surface area contributed by atoms with Crippen molar-refractivity contribution in [2.45, 2.75) is 43.0 Å². The second-order valence-corrected chi connectivity index (χ2v) is 11.0. The lowest BCUT2D eigenvalue weighted by atomic mass is 9.95. The Labute approximate surface area is 203 Å². The van der Waals surface area contributed by atoms with E-state index >= 15 is 0 Å². The molecule has 0 atom stereocenters. The molecule has 2 fully saturated rings. The van der Waals surface area contributed by atoms with E-state index in [2.05, 4.69) is 29.2 Å². The molecule has 0 aromatic heterocycles. The monoisotopic (exact) mass is 481 g/mol. The molecule has 1 amide bonds. The maximum Gasteiger partial charge on any atom is 0.243 e. The number of benzene rings is 2. The van der Waals surface area contributed by atoms with Crippen molar-refractivity contribution < 1.29 is 13.2 Å². The standard InChI is InChI=1S/C27H35N3O3S/c31-27(29-21-19-28(20-22-29)18-10-13-24-11-4-1-5-12-24)23-30(25-14-6-2-7-15-25)34(32,33)26-16-8-3-9-17-26/h1,3-5,8-13,16-17,25H,2,6-7,14-15,18-23H2/b13-10+. The van der Waals surface area contributed by atoms with Crippen LogP contribution < -0.4 is 0 Å². The molecule has 0 spiro atoms. The number of hydrogen-bond donors (Lipinski definition) is 0. The van der Waals surface area contributed by atoms with Gasteiger partial charge in [-0.15, -0.1) is 0 Å². The number of piperazine rings is 1. The number of amides is 1. The van der Waals surface area contributed by atoms with E-state index in [-0.39, 0.29) is 23.4 Å². The highest BCUT2D eigenvalue weighted by molar-refractivity contribution is 7.89. The summed E-state index contributed by atoms with van der Waals surface area (Å²) >= 11 is 0. The van der Waals surface area contributed by atoms with Gasteiger partial charge in [-0.2, -0.15) is 4.31 Å². The average Bonchev–Trinajstić information content (AvgIpc) is 2.89. The molecule has 1 heterocycles. The fourth-order valence-electron chi connectivity index (χ4n) is 4.82. The van der Waals surface area contributed by atoms with E-state index < -0.39 is 10.0 Å². The topological polar surface area (TPSA) is 60.9 Å². The molecule has 2 aromatic carbocycles. The van der Waals surface area contributed by atoms with E-state index in [1.54, 1.807) is 24.3 Å². The minimum Gasteiger partial charge on any atom is -0.339 e. The predicted molar refractivity (Wildman–Crippen MR) is 136 cm³/mol. The smallest absolute Gasteiger partial charge is 0.243 e. The third kappa shape index (κ3) is 6.34. The summed E-state index contributed by atoms with van der Waals surface area (Å²) in [6, 6.07) is 18.6. The first-order valence-electron chi connectivity index (χ1n) is 12.3. The molecule has 1 saturated carbocycles. The molecule has 0 bridgehead atoms. The highest BCUT2D eigenvalue weighted by Gasteiger charge is 2.35. The molecule has 2 aromatic rings. The molecule has 34 heavy (non-hydrogen) atoms. The van der Waals surface area contributed by atoms with Crippen molar-refractivity contribution in [2.75, 3.05) is 39.3 Å². The van der Waals surface area contributed by atoms with Crippen molar-refractivity contribution in [2.24, 2.45) is 0 Å². The summed E-state index contributed by atoms with van der Waals surface area (Å²) in [5.41, 5.74) is 1.18. The molecular weight excluding hydrogens is 446 g/mol. The minimum atomic E-state index is -3.72. The normalized spacial score (nSPS) is 18.6. The molecule has 0 N–H and O–H groups in total. The molecule has 1 aliphatic carbocycles. The first-order chi connectivity index (χ1) is 16.5. The Hall–Kier alpha value is -2.48. The molecule has 4 rings (SSSR count). The zero-order valence-electron chi connectivity index (χ0n) is 19.8. The van der Waals surface area contributed by atoms with Gasteiger partial charge in [0.25, 0.3) is 0 Å². The second kappa shape index (κ2) is 11.8. The lowest BCUT2D eigenvalue weighted by Gasteiger charge is -2.37. The van der Waals surface area contributed by atoms with Crippen molar-refractivity contribution in [3.63, 3.8) is 0 Å². The molecule has 2 aliphatic rings. The summed E-state index contributed by atoms with van der Waals surface area (Å²) in [5, 5.41) is 0. The van der Waals surface area contributed by atoms with Crippen LogP contribution in [-0.2, 0) is 14.8 Å². The molecule has 1 saturated heterocycles. The van der Waals surface area contributed by atoms with Crippen LogP contribution in [0.5, 0.6) is 0 Å². The lowest BCUT2D eigenvalue weighted by Crippen LogP contribution is -2.53. The van der Waals surface area contributed by atoms with Crippen LogP contribution in [0.2, 0.25) is 0 Å². The molecule has 0 unspecified atom stereocenters. The Balaban J connectivity index is 1.36.